The summed E-state index contributed by atoms with van der Waals surface area (Å²) in [6, 6.07) is 6.86. The molecule has 0 radical (unpaired) electrons. The highest BCUT2D eigenvalue weighted by molar-refractivity contribution is 5.41. The largest absolute Gasteiger partial charge is 0.354 e. The molecule has 0 bridgehead atoms. The van der Waals surface area contributed by atoms with Crippen LogP contribution in [0.25, 0.3) is 0 Å². The lowest BCUT2D eigenvalue weighted by molar-refractivity contribution is 0.206. The third-order valence-electron chi connectivity index (χ3n) is 6.24. The van der Waals surface area contributed by atoms with Crippen molar-refractivity contribution in [3.8, 4) is 0 Å². The van der Waals surface area contributed by atoms with Crippen molar-refractivity contribution in [3.05, 3.63) is 47.2 Å². The van der Waals surface area contributed by atoms with E-state index in [-0.39, 0.29) is 0 Å². The molecule has 2 aliphatic rings. The first-order valence-corrected chi connectivity index (χ1v) is 11.0. The van der Waals surface area contributed by atoms with Crippen LogP contribution in [0.3, 0.4) is 0 Å². The van der Waals surface area contributed by atoms with E-state index in [4.69, 9.17) is 15.0 Å². The van der Waals surface area contributed by atoms with Gasteiger partial charge in [0, 0.05) is 50.9 Å². The average Bonchev–Trinajstić information content (AvgIpc) is 2.73. The fraction of sp³-hybridized carbons (Fsp3) is 0.609. The minimum atomic E-state index is 0.323. The van der Waals surface area contributed by atoms with Crippen LogP contribution in [-0.4, -0.2) is 65.0 Å². The van der Waals surface area contributed by atoms with Gasteiger partial charge in [-0.05, 0) is 45.0 Å². The van der Waals surface area contributed by atoms with Crippen molar-refractivity contribution in [2.75, 3.05) is 45.2 Å². The van der Waals surface area contributed by atoms with Crippen molar-refractivity contribution < 1.29 is 0 Å². The maximum absolute atomic E-state index is 4.92. The van der Waals surface area contributed by atoms with Gasteiger partial charge in [-0.15, -0.1) is 0 Å². The van der Waals surface area contributed by atoms with E-state index in [1.165, 1.54) is 17.7 Å². The molecular formula is C23H34N6. The Morgan fingerprint density at radius 2 is 1.97 bits per heavy atom. The highest BCUT2D eigenvalue weighted by atomic mass is 15.3. The lowest BCUT2D eigenvalue weighted by Crippen LogP contribution is -2.45. The summed E-state index contributed by atoms with van der Waals surface area (Å²) in [6.07, 6.45) is 5.46. The fourth-order valence-electron chi connectivity index (χ4n) is 4.42. The summed E-state index contributed by atoms with van der Waals surface area (Å²) < 4.78 is 0. The third-order valence-corrected chi connectivity index (χ3v) is 6.24. The first kappa shape index (κ1) is 20.2. The molecular weight excluding hydrogens is 360 g/mol. The molecule has 6 heteroatoms. The normalized spacial score (nSPS) is 20.3. The number of hydrogen-bond donors (Lipinski definition) is 0. The second kappa shape index (κ2) is 8.76. The van der Waals surface area contributed by atoms with E-state index in [1.807, 2.05) is 6.20 Å². The van der Waals surface area contributed by atoms with Gasteiger partial charge in [0.05, 0.1) is 17.4 Å². The number of pyridine rings is 1. The summed E-state index contributed by atoms with van der Waals surface area (Å²) >= 11 is 0. The molecule has 29 heavy (non-hydrogen) atoms. The predicted octanol–water partition coefficient (Wildman–Crippen LogP) is 3.26. The van der Waals surface area contributed by atoms with Gasteiger partial charge in [0.2, 0.25) is 0 Å². The van der Waals surface area contributed by atoms with Crippen LogP contribution in [0.1, 0.15) is 61.4 Å². The SMILES string of the molecule is CC(C)c1nc(CN(C)C2CCCc3cccnc32)cc(N2CCN(C)CC2)n1. The smallest absolute Gasteiger partial charge is 0.133 e. The van der Waals surface area contributed by atoms with Crippen LogP contribution in [-0.2, 0) is 13.0 Å². The van der Waals surface area contributed by atoms with E-state index in [9.17, 15) is 0 Å². The summed E-state index contributed by atoms with van der Waals surface area (Å²) in [6.45, 7) is 9.40. The Balaban J connectivity index is 1.56. The molecule has 1 unspecified atom stereocenters. The van der Waals surface area contributed by atoms with E-state index >= 15 is 0 Å². The molecule has 1 fully saturated rings. The Kier molecular flexibility index (Phi) is 6.11. The number of likely N-dealkylation sites (N-methyl/N-ethyl adjacent to an activating group) is 1. The molecule has 6 nitrogen and oxygen atoms in total. The molecule has 0 amide bonds. The second-order valence-corrected chi connectivity index (χ2v) is 8.89. The minimum Gasteiger partial charge on any atom is -0.354 e. The van der Waals surface area contributed by atoms with Crippen LogP contribution < -0.4 is 4.90 Å². The van der Waals surface area contributed by atoms with Gasteiger partial charge < -0.3 is 9.80 Å². The van der Waals surface area contributed by atoms with Crippen molar-refractivity contribution in [2.24, 2.45) is 0 Å². The molecule has 4 rings (SSSR count). The predicted molar refractivity (Wildman–Crippen MR) is 117 cm³/mol. The molecule has 0 spiro atoms. The lowest BCUT2D eigenvalue weighted by Gasteiger charge is -2.34. The van der Waals surface area contributed by atoms with E-state index in [1.54, 1.807) is 0 Å². The molecule has 2 aromatic heterocycles. The number of aryl methyl sites for hydroxylation is 1. The van der Waals surface area contributed by atoms with Crippen molar-refractivity contribution in [2.45, 2.75) is 51.6 Å². The summed E-state index contributed by atoms with van der Waals surface area (Å²) in [5.74, 6) is 2.36. The van der Waals surface area contributed by atoms with Crippen LogP contribution in [0.15, 0.2) is 24.4 Å². The molecule has 1 atom stereocenters. The van der Waals surface area contributed by atoms with Gasteiger partial charge in [0.15, 0.2) is 0 Å². The Morgan fingerprint density at radius 3 is 2.72 bits per heavy atom. The number of nitrogens with zero attached hydrogens (tertiary/aromatic N) is 6. The third kappa shape index (κ3) is 4.59. The molecule has 156 valence electrons. The monoisotopic (exact) mass is 394 g/mol. The lowest BCUT2D eigenvalue weighted by atomic mass is 9.91. The number of rotatable bonds is 5. The van der Waals surface area contributed by atoms with Crippen LogP contribution in [0.4, 0.5) is 5.82 Å². The van der Waals surface area contributed by atoms with Gasteiger partial charge >= 0.3 is 0 Å². The number of fused-ring (bicyclic) bond motifs is 1. The van der Waals surface area contributed by atoms with Crippen LogP contribution >= 0.6 is 0 Å². The Morgan fingerprint density at radius 1 is 1.17 bits per heavy atom. The van der Waals surface area contributed by atoms with E-state index in [0.29, 0.717) is 12.0 Å². The fourth-order valence-corrected chi connectivity index (χ4v) is 4.42. The van der Waals surface area contributed by atoms with E-state index < -0.39 is 0 Å². The highest BCUT2D eigenvalue weighted by Crippen LogP contribution is 2.32. The zero-order chi connectivity index (χ0) is 20.4. The Hall–Kier alpha value is -2.05. The average molecular weight is 395 g/mol. The van der Waals surface area contributed by atoms with Crippen LogP contribution in [0.5, 0.6) is 0 Å². The van der Waals surface area contributed by atoms with Gasteiger partial charge in [-0.25, -0.2) is 9.97 Å². The quantitative estimate of drug-likeness (QED) is 0.776. The van der Waals surface area contributed by atoms with E-state index in [2.05, 4.69) is 60.8 Å². The van der Waals surface area contributed by atoms with Crippen LogP contribution in [0, 0.1) is 0 Å². The second-order valence-electron chi connectivity index (χ2n) is 8.89. The van der Waals surface area contributed by atoms with Gasteiger partial charge in [-0.1, -0.05) is 19.9 Å². The minimum absolute atomic E-state index is 0.323. The number of aromatic nitrogens is 3. The van der Waals surface area contributed by atoms with Gasteiger partial charge in [-0.2, -0.15) is 0 Å². The molecule has 0 saturated carbocycles. The number of anilines is 1. The maximum atomic E-state index is 4.92. The van der Waals surface area contributed by atoms with Crippen molar-refractivity contribution in [1.82, 2.24) is 24.8 Å². The van der Waals surface area contributed by atoms with Crippen molar-refractivity contribution in [1.29, 1.82) is 0 Å². The Bertz CT molecular complexity index is 828. The standard InChI is InChI=1S/C23H34N6/c1-17(2)23-25-19(15-21(26-23)29-13-11-27(3)12-14-29)16-28(4)20-9-5-7-18-8-6-10-24-22(18)20/h6,8,10,15,17,20H,5,7,9,11-14,16H2,1-4H3. The maximum Gasteiger partial charge on any atom is 0.133 e. The molecule has 1 saturated heterocycles. The number of hydrogen-bond acceptors (Lipinski definition) is 6. The summed E-state index contributed by atoms with van der Waals surface area (Å²) in [5.41, 5.74) is 3.76. The topological polar surface area (TPSA) is 48.4 Å². The van der Waals surface area contributed by atoms with E-state index in [0.717, 1.165) is 62.9 Å². The Labute approximate surface area is 175 Å². The molecule has 3 heterocycles. The molecule has 0 N–H and O–H groups in total. The van der Waals surface area contributed by atoms with Gasteiger partial charge in [-0.3, -0.25) is 9.88 Å². The zero-order valence-corrected chi connectivity index (χ0v) is 18.3. The summed E-state index contributed by atoms with van der Waals surface area (Å²) in [4.78, 5) is 21.8. The molecule has 2 aromatic rings. The van der Waals surface area contributed by atoms with Gasteiger partial charge in [0.1, 0.15) is 11.6 Å². The first-order chi connectivity index (χ1) is 14.0. The molecule has 0 aromatic carbocycles. The summed E-state index contributed by atoms with van der Waals surface area (Å²) in [5, 5.41) is 0. The zero-order valence-electron chi connectivity index (χ0n) is 18.3. The van der Waals surface area contributed by atoms with Crippen LogP contribution in [0.2, 0.25) is 0 Å². The highest BCUT2D eigenvalue weighted by Gasteiger charge is 2.26. The van der Waals surface area contributed by atoms with Crippen molar-refractivity contribution >= 4 is 5.82 Å². The molecule has 1 aliphatic heterocycles. The first-order valence-electron chi connectivity index (χ1n) is 11.0. The van der Waals surface area contributed by atoms with Crippen molar-refractivity contribution in [3.63, 3.8) is 0 Å². The van der Waals surface area contributed by atoms with Gasteiger partial charge in [0.25, 0.3) is 0 Å². The summed E-state index contributed by atoms with van der Waals surface area (Å²) in [7, 11) is 4.40. The molecule has 1 aliphatic carbocycles. The number of piperazine rings is 1.